The van der Waals surface area contributed by atoms with Crippen molar-refractivity contribution in [1.29, 1.82) is 0 Å². The van der Waals surface area contributed by atoms with E-state index in [-0.39, 0.29) is 23.3 Å². The zero-order valence-corrected chi connectivity index (χ0v) is 10.3. The van der Waals surface area contributed by atoms with Crippen molar-refractivity contribution < 1.29 is 14.3 Å². The summed E-state index contributed by atoms with van der Waals surface area (Å²) in [7, 11) is 0. The Bertz CT molecular complexity index is 442. The topological polar surface area (TPSA) is 66.6 Å². The lowest BCUT2D eigenvalue weighted by atomic mass is 10.0. The van der Waals surface area contributed by atoms with Crippen LogP contribution in [0.15, 0.2) is 18.2 Å². The van der Waals surface area contributed by atoms with Crippen LogP contribution in [-0.4, -0.2) is 35.0 Å². The summed E-state index contributed by atoms with van der Waals surface area (Å²) in [5.41, 5.74) is 5.55. The van der Waals surface area contributed by atoms with Gasteiger partial charge in [0.05, 0.1) is 0 Å². The number of aromatic hydroxyl groups is 1. The Kier molecular flexibility index (Phi) is 3.52. The highest BCUT2D eigenvalue weighted by atomic mass is 19.1. The van der Waals surface area contributed by atoms with E-state index in [1.165, 1.54) is 18.2 Å². The maximum absolute atomic E-state index is 13.6. The molecule has 18 heavy (non-hydrogen) atoms. The Balaban J connectivity index is 2.18. The van der Waals surface area contributed by atoms with Crippen molar-refractivity contribution in [3.8, 4) is 5.75 Å². The van der Waals surface area contributed by atoms with Crippen LogP contribution < -0.4 is 5.73 Å². The second-order valence-corrected chi connectivity index (χ2v) is 4.79. The fraction of sp³-hybridized carbons (Fsp3) is 0.462. The zero-order valence-electron chi connectivity index (χ0n) is 10.3. The first-order valence-corrected chi connectivity index (χ1v) is 6.03. The second-order valence-electron chi connectivity index (χ2n) is 4.79. The van der Waals surface area contributed by atoms with Gasteiger partial charge in [-0.25, -0.2) is 4.39 Å². The minimum Gasteiger partial charge on any atom is -0.507 e. The predicted molar refractivity (Wildman–Crippen MR) is 65.7 cm³/mol. The minimum atomic E-state index is -0.691. The van der Waals surface area contributed by atoms with Crippen LogP contribution in [0.1, 0.15) is 23.7 Å². The SMILES string of the molecule is CC(N)C1CCN(C(=O)c2c(O)cccc2F)C1. The second kappa shape index (κ2) is 4.94. The average Bonchev–Trinajstić information content (AvgIpc) is 2.77. The zero-order chi connectivity index (χ0) is 13.3. The molecule has 1 aliphatic rings. The van der Waals surface area contributed by atoms with Gasteiger partial charge >= 0.3 is 0 Å². The number of phenolic OH excluding ortho intramolecular Hbond substituents is 1. The predicted octanol–water partition coefficient (Wildman–Crippen LogP) is 1.34. The molecule has 1 fully saturated rings. The number of phenols is 1. The molecule has 98 valence electrons. The highest BCUT2D eigenvalue weighted by molar-refractivity contribution is 5.97. The number of carbonyl (C=O) groups excluding carboxylic acids is 1. The minimum absolute atomic E-state index is 0.0111. The van der Waals surface area contributed by atoms with Crippen molar-refractivity contribution >= 4 is 5.91 Å². The van der Waals surface area contributed by atoms with E-state index in [4.69, 9.17) is 5.73 Å². The van der Waals surface area contributed by atoms with Crippen molar-refractivity contribution in [2.24, 2.45) is 11.7 Å². The summed E-state index contributed by atoms with van der Waals surface area (Å²) >= 11 is 0. The Morgan fingerprint density at radius 2 is 2.33 bits per heavy atom. The molecule has 1 aromatic carbocycles. The van der Waals surface area contributed by atoms with Crippen LogP contribution in [0.3, 0.4) is 0 Å². The van der Waals surface area contributed by atoms with E-state index in [1.54, 1.807) is 4.90 Å². The molecule has 0 spiro atoms. The van der Waals surface area contributed by atoms with Gasteiger partial charge in [0.25, 0.3) is 5.91 Å². The van der Waals surface area contributed by atoms with Crippen molar-refractivity contribution in [3.63, 3.8) is 0 Å². The number of rotatable bonds is 2. The first kappa shape index (κ1) is 12.8. The molecule has 1 heterocycles. The number of carbonyl (C=O) groups is 1. The third kappa shape index (κ3) is 2.31. The van der Waals surface area contributed by atoms with Gasteiger partial charge in [-0.1, -0.05) is 6.07 Å². The fourth-order valence-corrected chi connectivity index (χ4v) is 2.28. The first-order chi connectivity index (χ1) is 8.50. The number of likely N-dealkylation sites (tertiary alicyclic amines) is 1. The molecule has 2 unspecified atom stereocenters. The molecule has 0 saturated carbocycles. The van der Waals surface area contributed by atoms with E-state index < -0.39 is 11.7 Å². The van der Waals surface area contributed by atoms with Gasteiger partial charge < -0.3 is 15.7 Å². The normalized spacial score (nSPS) is 21.1. The number of nitrogens with two attached hydrogens (primary N) is 1. The van der Waals surface area contributed by atoms with Crippen LogP contribution in [0, 0.1) is 11.7 Å². The largest absolute Gasteiger partial charge is 0.507 e. The average molecular weight is 252 g/mol. The van der Waals surface area contributed by atoms with Gasteiger partial charge in [0, 0.05) is 19.1 Å². The molecule has 0 bridgehead atoms. The summed E-state index contributed by atoms with van der Waals surface area (Å²) in [5, 5.41) is 9.58. The van der Waals surface area contributed by atoms with Crippen molar-refractivity contribution in [1.82, 2.24) is 4.90 Å². The summed E-state index contributed by atoms with van der Waals surface area (Å²) < 4.78 is 13.6. The standard InChI is InChI=1S/C13H17FN2O2/c1-8(15)9-5-6-16(7-9)13(18)12-10(14)3-2-4-11(12)17/h2-4,8-9,17H,5-7,15H2,1H3. The number of hydrogen-bond donors (Lipinski definition) is 2. The van der Waals surface area contributed by atoms with Crippen LogP contribution in [0.5, 0.6) is 5.75 Å². The van der Waals surface area contributed by atoms with E-state index in [9.17, 15) is 14.3 Å². The Morgan fingerprint density at radius 1 is 1.61 bits per heavy atom. The highest BCUT2D eigenvalue weighted by Crippen LogP contribution is 2.26. The maximum atomic E-state index is 13.6. The molecule has 1 aromatic rings. The van der Waals surface area contributed by atoms with Crippen molar-refractivity contribution in [3.05, 3.63) is 29.6 Å². The smallest absolute Gasteiger partial charge is 0.260 e. The van der Waals surface area contributed by atoms with Crippen molar-refractivity contribution in [2.75, 3.05) is 13.1 Å². The summed E-state index contributed by atoms with van der Waals surface area (Å²) in [5.74, 6) is -1.23. The molecule has 0 radical (unpaired) electrons. The van der Waals surface area contributed by atoms with E-state index >= 15 is 0 Å². The van der Waals surface area contributed by atoms with Crippen LogP contribution in [0.2, 0.25) is 0 Å². The summed E-state index contributed by atoms with van der Waals surface area (Å²) in [6, 6.07) is 3.87. The molecular weight excluding hydrogens is 235 g/mol. The lowest BCUT2D eigenvalue weighted by Crippen LogP contribution is -2.33. The quantitative estimate of drug-likeness (QED) is 0.834. The molecule has 5 heteroatoms. The monoisotopic (exact) mass is 252 g/mol. The Morgan fingerprint density at radius 3 is 2.89 bits per heavy atom. The van der Waals surface area contributed by atoms with E-state index in [0.717, 1.165) is 6.42 Å². The number of nitrogens with zero attached hydrogens (tertiary/aromatic N) is 1. The Hall–Kier alpha value is -1.62. The highest BCUT2D eigenvalue weighted by Gasteiger charge is 2.31. The molecule has 3 N–H and O–H groups in total. The lowest BCUT2D eigenvalue weighted by molar-refractivity contribution is 0.0778. The molecule has 2 rings (SSSR count). The molecule has 1 amide bonds. The van der Waals surface area contributed by atoms with Crippen molar-refractivity contribution in [2.45, 2.75) is 19.4 Å². The summed E-state index contributed by atoms with van der Waals surface area (Å²) in [4.78, 5) is 13.7. The molecule has 1 aliphatic heterocycles. The third-order valence-corrected chi connectivity index (χ3v) is 3.46. The van der Waals surface area contributed by atoms with Gasteiger partial charge in [0.1, 0.15) is 17.1 Å². The van der Waals surface area contributed by atoms with Gasteiger partial charge in [-0.2, -0.15) is 0 Å². The van der Waals surface area contributed by atoms with Crippen LogP contribution in [0.4, 0.5) is 4.39 Å². The lowest BCUT2D eigenvalue weighted by Gasteiger charge is -2.18. The molecule has 0 aliphatic carbocycles. The van der Waals surface area contributed by atoms with Gasteiger partial charge in [-0.15, -0.1) is 0 Å². The van der Waals surface area contributed by atoms with E-state index in [0.29, 0.717) is 13.1 Å². The number of halogens is 1. The number of amides is 1. The fourth-order valence-electron chi connectivity index (χ4n) is 2.28. The molecule has 1 saturated heterocycles. The van der Waals surface area contributed by atoms with Gasteiger partial charge in [0.2, 0.25) is 0 Å². The molecule has 2 atom stereocenters. The van der Waals surface area contributed by atoms with Gasteiger partial charge in [-0.05, 0) is 31.4 Å². The van der Waals surface area contributed by atoms with Gasteiger partial charge in [-0.3, -0.25) is 4.79 Å². The van der Waals surface area contributed by atoms with Gasteiger partial charge in [0.15, 0.2) is 0 Å². The molecular formula is C13H17FN2O2. The Labute approximate surface area is 105 Å². The maximum Gasteiger partial charge on any atom is 0.260 e. The molecule has 0 aromatic heterocycles. The van der Waals surface area contributed by atoms with E-state index in [1.807, 2.05) is 6.92 Å². The molecule has 4 nitrogen and oxygen atoms in total. The van der Waals surface area contributed by atoms with Crippen LogP contribution in [-0.2, 0) is 0 Å². The number of benzene rings is 1. The number of hydrogen-bond acceptors (Lipinski definition) is 3. The third-order valence-electron chi connectivity index (χ3n) is 3.46. The van der Waals surface area contributed by atoms with Crippen LogP contribution in [0.25, 0.3) is 0 Å². The summed E-state index contributed by atoms with van der Waals surface area (Å²) in [6.07, 6.45) is 0.818. The first-order valence-electron chi connectivity index (χ1n) is 6.03. The van der Waals surface area contributed by atoms with Crippen LogP contribution >= 0.6 is 0 Å². The summed E-state index contributed by atoms with van der Waals surface area (Å²) in [6.45, 7) is 2.97. The van der Waals surface area contributed by atoms with E-state index in [2.05, 4.69) is 0 Å².